The summed E-state index contributed by atoms with van der Waals surface area (Å²) in [5, 5.41) is 10.9. The number of nitrogens with one attached hydrogen (secondary N) is 1. The van der Waals surface area contributed by atoms with Gasteiger partial charge in [-0.25, -0.2) is 0 Å². The summed E-state index contributed by atoms with van der Waals surface area (Å²) in [5.41, 5.74) is 5.77. The van der Waals surface area contributed by atoms with Crippen molar-refractivity contribution in [2.75, 3.05) is 19.8 Å². The number of hydrogen-bond donors (Lipinski definition) is 2. The first-order chi connectivity index (χ1) is 9.81. The minimum absolute atomic E-state index is 0.0286. The number of benzene rings is 1. The van der Waals surface area contributed by atoms with Gasteiger partial charge < -0.3 is 0 Å². The molecule has 0 heterocycles. The van der Waals surface area contributed by atoms with Crippen LogP contribution in [-0.2, 0) is 20.4 Å². The zero-order chi connectivity index (χ0) is 16.0. The van der Waals surface area contributed by atoms with Crippen LogP contribution in [0.1, 0.15) is 5.56 Å². The molecule has 1 rings (SSSR count). The van der Waals surface area contributed by atoms with Crippen LogP contribution in [0.2, 0.25) is 0 Å². The number of nitrogens with zero attached hydrogens (tertiary/aromatic N) is 2. The van der Waals surface area contributed by atoms with E-state index in [2.05, 4.69) is 9.97 Å². The molecular formula is C11H14BFN4O3S. The van der Waals surface area contributed by atoms with E-state index < -0.39 is 21.6 Å². The van der Waals surface area contributed by atoms with Gasteiger partial charge in [0.15, 0.2) is 0 Å². The fourth-order valence-corrected chi connectivity index (χ4v) is 2.76. The van der Waals surface area contributed by atoms with Crippen LogP contribution >= 0.6 is 0 Å². The van der Waals surface area contributed by atoms with E-state index >= 15 is 0 Å². The minimum atomic E-state index is -3.88. The standard InChI is InChI=1S/C11H14BFN4O3S/c1-16-11(12-20-7-14)17(2)21(18,19)6-8-5-9(15)3-4-10(8)13/h3-5,16H,6,15H2,1-2H3. The molecule has 10 heteroatoms. The van der Waals surface area contributed by atoms with Gasteiger partial charge in [-0.3, -0.25) is 0 Å². The number of nitriles is 1. The molecule has 0 aliphatic heterocycles. The van der Waals surface area contributed by atoms with Crippen LogP contribution in [0.25, 0.3) is 0 Å². The van der Waals surface area contributed by atoms with Gasteiger partial charge in [-0.05, 0) is 0 Å². The van der Waals surface area contributed by atoms with Crippen molar-refractivity contribution in [3.05, 3.63) is 29.6 Å². The topological polar surface area (TPSA) is 108 Å². The van der Waals surface area contributed by atoms with Crippen LogP contribution in [-0.4, -0.2) is 39.7 Å². The predicted molar refractivity (Wildman–Crippen MR) is 77.7 cm³/mol. The van der Waals surface area contributed by atoms with Gasteiger partial charge >= 0.3 is 122 Å². The van der Waals surface area contributed by atoms with Gasteiger partial charge in [0.1, 0.15) is 0 Å². The van der Waals surface area contributed by atoms with Crippen LogP contribution in [0.15, 0.2) is 18.2 Å². The fraction of sp³-hybridized carbons (Fsp3) is 0.273. The van der Waals surface area contributed by atoms with Crippen molar-refractivity contribution < 1.29 is 17.5 Å². The number of nitrogens with two attached hydrogens (primary N) is 1. The van der Waals surface area contributed by atoms with E-state index in [1.807, 2.05) is 0 Å². The summed E-state index contributed by atoms with van der Waals surface area (Å²) in [6.07, 6.45) is 1.39. The predicted octanol–water partition coefficient (Wildman–Crippen LogP) is -0.407. The van der Waals surface area contributed by atoms with E-state index in [0.717, 1.165) is 17.5 Å². The number of sulfonamides is 1. The van der Waals surface area contributed by atoms with Crippen LogP contribution in [0.3, 0.4) is 0 Å². The monoisotopic (exact) mass is 312 g/mol. The molecule has 0 aromatic heterocycles. The molecule has 0 radical (unpaired) electrons. The van der Waals surface area contributed by atoms with Crippen LogP contribution in [0.5, 0.6) is 0 Å². The van der Waals surface area contributed by atoms with Gasteiger partial charge in [-0.2, -0.15) is 0 Å². The molecule has 0 saturated heterocycles. The van der Waals surface area contributed by atoms with E-state index in [-0.39, 0.29) is 17.0 Å². The van der Waals surface area contributed by atoms with Gasteiger partial charge in [0.25, 0.3) is 0 Å². The van der Waals surface area contributed by atoms with E-state index in [0.29, 0.717) is 0 Å². The Bertz CT molecular complexity index is 687. The van der Waals surface area contributed by atoms with Crippen LogP contribution < -0.4 is 11.1 Å². The Morgan fingerprint density at radius 2 is 2.29 bits per heavy atom. The average molecular weight is 312 g/mol. The molecule has 0 fully saturated rings. The molecule has 0 spiro atoms. The molecule has 112 valence electrons. The molecule has 21 heavy (non-hydrogen) atoms. The number of anilines is 1. The second-order valence-electron chi connectivity index (χ2n) is 4.04. The van der Waals surface area contributed by atoms with Crippen molar-refractivity contribution in [1.29, 1.82) is 5.26 Å². The van der Waals surface area contributed by atoms with Crippen molar-refractivity contribution in [3.8, 4) is 6.26 Å². The fourth-order valence-electron chi connectivity index (χ4n) is 1.52. The summed E-state index contributed by atoms with van der Waals surface area (Å²) in [6, 6.07) is 3.71. The molecule has 1 aromatic carbocycles. The maximum absolute atomic E-state index is 13.6. The Kier molecular flexibility index (Phi) is 5.55. The summed E-state index contributed by atoms with van der Waals surface area (Å²) < 4.78 is 43.3. The quantitative estimate of drug-likeness (QED) is 0.420. The molecular weight excluding hydrogens is 298 g/mol. The Labute approximate surface area is 123 Å². The van der Waals surface area contributed by atoms with E-state index in [4.69, 9.17) is 11.0 Å². The molecule has 0 unspecified atom stereocenters. The number of halogens is 1. The first-order valence-electron chi connectivity index (χ1n) is 5.75. The molecule has 3 N–H and O–H groups in total. The molecule has 0 aliphatic rings. The molecule has 0 atom stereocenters. The molecule has 0 aliphatic carbocycles. The molecule has 1 aromatic rings. The van der Waals surface area contributed by atoms with Crippen molar-refractivity contribution in [2.24, 2.45) is 0 Å². The number of rotatable bonds is 6. The summed E-state index contributed by atoms with van der Waals surface area (Å²) in [6.45, 7) is 0. The third-order valence-corrected chi connectivity index (χ3v) is 4.35. The van der Waals surface area contributed by atoms with E-state index in [1.165, 1.54) is 32.5 Å². The zero-order valence-electron chi connectivity index (χ0n) is 11.5. The molecule has 0 saturated carbocycles. The second-order valence-corrected chi connectivity index (χ2v) is 6.04. The number of hydrogen-bond acceptors (Lipinski definition) is 6. The van der Waals surface area contributed by atoms with Gasteiger partial charge in [-0.15, -0.1) is 0 Å². The Balaban J connectivity index is 3.05. The Morgan fingerprint density at radius 3 is 2.86 bits per heavy atom. The van der Waals surface area contributed by atoms with Crippen LogP contribution in [0.4, 0.5) is 10.1 Å². The third kappa shape index (κ3) is 4.35. The SMILES string of the molecule is CNC(=BOC#N)N(C)S(=O)(=O)Cc1cc(N)ccc1F. The van der Waals surface area contributed by atoms with Crippen molar-refractivity contribution in [1.82, 2.24) is 9.62 Å². The van der Waals surface area contributed by atoms with E-state index in [9.17, 15) is 12.8 Å². The first-order valence-corrected chi connectivity index (χ1v) is 7.36. The van der Waals surface area contributed by atoms with Gasteiger partial charge in [0.05, 0.1) is 0 Å². The first kappa shape index (κ1) is 16.8. The molecule has 0 amide bonds. The van der Waals surface area contributed by atoms with Gasteiger partial charge in [0.2, 0.25) is 0 Å². The summed E-state index contributed by atoms with van der Waals surface area (Å²) in [7, 11) is -0.228. The van der Waals surface area contributed by atoms with Gasteiger partial charge in [-0.1, -0.05) is 0 Å². The Hall–Kier alpha value is -2.28. The summed E-state index contributed by atoms with van der Waals surface area (Å²) in [5.74, 6) is -1.24. The third-order valence-electron chi connectivity index (χ3n) is 2.64. The van der Waals surface area contributed by atoms with Crippen molar-refractivity contribution in [3.63, 3.8) is 0 Å². The normalized spacial score (nSPS) is 11.2. The van der Waals surface area contributed by atoms with Crippen molar-refractivity contribution >= 4 is 28.5 Å². The number of nitrogen functional groups attached to an aromatic ring is 1. The van der Waals surface area contributed by atoms with E-state index in [1.54, 1.807) is 0 Å². The zero-order valence-corrected chi connectivity index (χ0v) is 12.3. The summed E-state index contributed by atoms with van der Waals surface area (Å²) >= 11 is 0. The van der Waals surface area contributed by atoms with Crippen LogP contribution in [0, 0.1) is 17.3 Å². The molecule has 0 bridgehead atoms. The average Bonchev–Trinajstić information content (AvgIpc) is 2.43. The summed E-state index contributed by atoms with van der Waals surface area (Å²) in [4.78, 5) is 0. The molecule has 7 nitrogen and oxygen atoms in total. The van der Waals surface area contributed by atoms with Gasteiger partial charge in [0, 0.05) is 0 Å². The maximum atomic E-state index is 13.6. The Morgan fingerprint density at radius 1 is 1.62 bits per heavy atom. The van der Waals surface area contributed by atoms with Crippen molar-refractivity contribution in [2.45, 2.75) is 5.75 Å². The second kappa shape index (κ2) is 6.94.